The van der Waals surface area contributed by atoms with Crippen molar-refractivity contribution in [1.29, 1.82) is 0 Å². The fourth-order valence-corrected chi connectivity index (χ4v) is 3.92. The number of nitrogens with zero attached hydrogens (tertiary/aromatic N) is 3. The second-order valence-electron chi connectivity index (χ2n) is 8.09. The van der Waals surface area contributed by atoms with E-state index < -0.39 is 12.1 Å². The van der Waals surface area contributed by atoms with Gasteiger partial charge < -0.3 is 14.3 Å². The predicted molar refractivity (Wildman–Crippen MR) is 133 cm³/mol. The van der Waals surface area contributed by atoms with Crippen LogP contribution in [0.1, 0.15) is 6.92 Å². The van der Waals surface area contributed by atoms with Crippen LogP contribution in [0.25, 0.3) is 45.3 Å². The van der Waals surface area contributed by atoms with Crippen molar-refractivity contribution in [2.45, 2.75) is 13.0 Å². The number of aromatic nitrogens is 3. The van der Waals surface area contributed by atoms with Crippen molar-refractivity contribution in [3.8, 4) is 51.0 Å². The molecule has 1 atom stereocenters. The normalized spacial score (nSPS) is 11.8. The number of aliphatic carboxylic acids is 1. The molecule has 0 radical (unpaired) electrons. The summed E-state index contributed by atoms with van der Waals surface area (Å²) in [5.74, 6) is 0.537. The summed E-state index contributed by atoms with van der Waals surface area (Å²) in [6.07, 6.45) is 0.753. The molecule has 0 bridgehead atoms. The zero-order valence-electron chi connectivity index (χ0n) is 19.3. The van der Waals surface area contributed by atoms with Gasteiger partial charge in [-0.25, -0.2) is 9.78 Å². The molecule has 35 heavy (non-hydrogen) atoms. The van der Waals surface area contributed by atoms with Gasteiger partial charge >= 0.3 is 5.97 Å². The van der Waals surface area contributed by atoms with E-state index in [2.05, 4.69) is 5.10 Å². The summed E-state index contributed by atoms with van der Waals surface area (Å²) < 4.78 is 13.7. The molecule has 0 saturated heterocycles. The number of carboxylic acids is 1. The highest BCUT2D eigenvalue weighted by Crippen LogP contribution is 2.39. The van der Waals surface area contributed by atoms with Gasteiger partial charge in [0.15, 0.2) is 11.9 Å². The molecule has 5 rings (SSSR count). The molecule has 1 N–H and O–H groups in total. The first kappa shape index (κ1) is 22.2. The molecule has 0 aliphatic heterocycles. The molecule has 0 fully saturated rings. The van der Waals surface area contributed by atoms with Crippen LogP contribution in [0.2, 0.25) is 0 Å². The van der Waals surface area contributed by atoms with E-state index in [0.29, 0.717) is 17.4 Å². The smallest absolute Gasteiger partial charge is 0.344 e. The van der Waals surface area contributed by atoms with Crippen LogP contribution in [-0.4, -0.2) is 31.9 Å². The molecule has 0 spiro atoms. The Balaban J connectivity index is 1.62. The van der Waals surface area contributed by atoms with Gasteiger partial charge in [-0.2, -0.15) is 5.10 Å². The number of carbonyl (C=O) groups is 1. The van der Waals surface area contributed by atoms with E-state index in [1.807, 2.05) is 79.8 Å². The first-order valence-corrected chi connectivity index (χ1v) is 11.1. The van der Waals surface area contributed by atoms with E-state index in [1.54, 1.807) is 23.0 Å². The van der Waals surface area contributed by atoms with Crippen molar-refractivity contribution < 1.29 is 19.1 Å². The molecular weight excluding hydrogens is 442 g/mol. The van der Waals surface area contributed by atoms with E-state index in [4.69, 9.17) is 14.1 Å². The molecule has 3 aromatic carbocycles. The highest BCUT2D eigenvalue weighted by atomic mass is 16.5. The molecule has 174 valence electrons. The molecule has 0 aliphatic carbocycles. The molecule has 0 saturated carbocycles. The highest BCUT2D eigenvalue weighted by Gasteiger charge is 2.23. The Bertz CT molecular complexity index is 1420. The summed E-state index contributed by atoms with van der Waals surface area (Å²) in [5, 5.41) is 13.6. The molecule has 7 heteroatoms. The van der Waals surface area contributed by atoms with Crippen LogP contribution >= 0.6 is 0 Å². The molecule has 2 aromatic heterocycles. The van der Waals surface area contributed by atoms with Gasteiger partial charge in [0.05, 0.1) is 17.5 Å². The van der Waals surface area contributed by atoms with Gasteiger partial charge in [-0.15, -0.1) is 0 Å². The van der Waals surface area contributed by atoms with Gasteiger partial charge in [-0.05, 0) is 19.1 Å². The maximum Gasteiger partial charge on any atom is 0.344 e. The lowest BCUT2D eigenvalue weighted by Gasteiger charge is -2.12. The first-order chi connectivity index (χ1) is 17.0. The van der Waals surface area contributed by atoms with Gasteiger partial charge in [0, 0.05) is 23.7 Å². The minimum Gasteiger partial charge on any atom is -0.479 e. The lowest BCUT2D eigenvalue weighted by Crippen LogP contribution is -2.22. The van der Waals surface area contributed by atoms with Crippen LogP contribution < -0.4 is 4.74 Å². The number of hydrogen-bond donors (Lipinski definition) is 1. The van der Waals surface area contributed by atoms with Crippen molar-refractivity contribution in [2.24, 2.45) is 7.05 Å². The zero-order chi connectivity index (χ0) is 24.4. The van der Waals surface area contributed by atoms with Crippen molar-refractivity contribution in [3.05, 3.63) is 91.1 Å². The third kappa shape index (κ3) is 4.44. The Labute approximate surface area is 202 Å². The fourth-order valence-electron chi connectivity index (χ4n) is 3.92. The number of rotatable bonds is 7. The number of aryl methyl sites for hydroxylation is 1. The van der Waals surface area contributed by atoms with Crippen molar-refractivity contribution in [3.63, 3.8) is 0 Å². The maximum absolute atomic E-state index is 11.2. The predicted octanol–water partition coefficient (Wildman–Crippen LogP) is 5.93. The number of ether oxygens (including phenoxy) is 1. The highest BCUT2D eigenvalue weighted by molar-refractivity contribution is 5.83. The van der Waals surface area contributed by atoms with E-state index in [1.165, 1.54) is 6.92 Å². The molecule has 0 aliphatic rings. The van der Waals surface area contributed by atoms with E-state index >= 15 is 0 Å². The summed E-state index contributed by atoms with van der Waals surface area (Å²) in [4.78, 5) is 16.1. The van der Waals surface area contributed by atoms with Crippen LogP contribution in [0.4, 0.5) is 0 Å². The van der Waals surface area contributed by atoms with E-state index in [-0.39, 0.29) is 0 Å². The Morgan fingerprint density at radius 3 is 2.29 bits per heavy atom. The SMILES string of the molecule is CC(Oc1cccc(-c2c(-c3nc(-c4ccccc4)c(-c4ccccc4)o3)cnn2C)c1)C(=O)O. The van der Waals surface area contributed by atoms with Crippen LogP contribution in [0, 0.1) is 0 Å². The number of carboxylic acid groups (broad SMARTS) is 1. The first-order valence-electron chi connectivity index (χ1n) is 11.1. The summed E-state index contributed by atoms with van der Waals surface area (Å²) >= 11 is 0. The van der Waals surface area contributed by atoms with Crippen LogP contribution in [0.5, 0.6) is 5.75 Å². The van der Waals surface area contributed by atoms with Crippen LogP contribution in [-0.2, 0) is 11.8 Å². The number of oxazole rings is 1. The molecule has 7 nitrogen and oxygen atoms in total. The zero-order valence-corrected chi connectivity index (χ0v) is 19.3. The van der Waals surface area contributed by atoms with Crippen LogP contribution in [0.15, 0.2) is 95.5 Å². The monoisotopic (exact) mass is 465 g/mol. The molecule has 2 heterocycles. The number of hydrogen-bond acceptors (Lipinski definition) is 5. The fraction of sp³-hybridized carbons (Fsp3) is 0.107. The quantitative estimate of drug-likeness (QED) is 0.320. The maximum atomic E-state index is 11.2. The minimum atomic E-state index is -1.03. The lowest BCUT2D eigenvalue weighted by molar-refractivity contribution is -0.144. The minimum absolute atomic E-state index is 0.441. The Hall–Kier alpha value is -4.65. The Morgan fingerprint density at radius 1 is 0.943 bits per heavy atom. The summed E-state index contributed by atoms with van der Waals surface area (Å²) in [5.41, 5.74) is 4.91. The second kappa shape index (κ2) is 9.30. The molecule has 0 amide bonds. The summed E-state index contributed by atoms with van der Waals surface area (Å²) in [7, 11) is 1.84. The van der Waals surface area contributed by atoms with Crippen molar-refractivity contribution in [1.82, 2.24) is 14.8 Å². The van der Waals surface area contributed by atoms with E-state index in [0.717, 1.165) is 33.6 Å². The van der Waals surface area contributed by atoms with E-state index in [9.17, 15) is 9.90 Å². The van der Waals surface area contributed by atoms with Crippen molar-refractivity contribution in [2.75, 3.05) is 0 Å². The Kier molecular flexibility index (Phi) is 5.89. The van der Waals surface area contributed by atoms with Crippen LogP contribution in [0.3, 0.4) is 0 Å². The van der Waals surface area contributed by atoms with Gasteiger partial charge in [-0.1, -0.05) is 72.8 Å². The largest absolute Gasteiger partial charge is 0.479 e. The molecule has 1 unspecified atom stereocenters. The summed E-state index contributed by atoms with van der Waals surface area (Å²) in [6, 6.07) is 27.0. The molecular formula is C28H23N3O4. The standard InChI is InChI=1S/C28H23N3O4/c1-18(28(32)33)34-22-15-9-14-21(16-22)25-23(17-29-31(25)2)27-30-24(19-10-5-3-6-11-19)26(35-27)20-12-7-4-8-13-20/h3-18H,1-2H3,(H,32,33). The average Bonchev–Trinajstić information content (AvgIpc) is 3.49. The van der Waals surface area contributed by atoms with Crippen molar-refractivity contribution >= 4 is 5.97 Å². The van der Waals surface area contributed by atoms with Gasteiger partial charge in [0.2, 0.25) is 5.89 Å². The molecule has 5 aromatic rings. The lowest BCUT2D eigenvalue weighted by atomic mass is 10.1. The van der Waals surface area contributed by atoms with Gasteiger partial charge in [0.1, 0.15) is 11.4 Å². The topological polar surface area (TPSA) is 90.4 Å². The Morgan fingerprint density at radius 2 is 1.60 bits per heavy atom. The van der Waals surface area contributed by atoms with Gasteiger partial charge in [-0.3, -0.25) is 4.68 Å². The summed E-state index contributed by atoms with van der Waals surface area (Å²) in [6.45, 7) is 1.49. The third-order valence-electron chi connectivity index (χ3n) is 5.65. The average molecular weight is 466 g/mol. The van der Waals surface area contributed by atoms with Gasteiger partial charge in [0.25, 0.3) is 0 Å². The third-order valence-corrected chi connectivity index (χ3v) is 5.65. The number of benzene rings is 3. The second-order valence-corrected chi connectivity index (χ2v) is 8.09.